The fourth-order valence-electron chi connectivity index (χ4n) is 0.688. The monoisotopic (exact) mass is 142 g/mol. The molecule has 1 heterocycles. The highest BCUT2D eigenvalue weighted by Gasteiger charge is 2.06. The Labute approximate surface area is 55.9 Å². The highest BCUT2D eigenvalue weighted by Crippen LogP contribution is 2.25. The Bertz CT molecular complexity index is 320. The highest BCUT2D eigenvalue weighted by molar-refractivity contribution is 6.34. The summed E-state index contributed by atoms with van der Waals surface area (Å²) in [4.78, 5) is 0. The van der Waals surface area contributed by atoms with Crippen molar-refractivity contribution in [2.45, 2.75) is 0 Å². The zero-order chi connectivity index (χ0) is 6.27. The Morgan fingerprint density at radius 1 is 1.22 bits per heavy atom. The number of rotatable bonds is 0. The molecule has 3 heteroatoms. The standard InChI is InChI=1S/C6H3ClO2/c7-4-2-1-3-5-6(4)9-8-5/h1-3H. The summed E-state index contributed by atoms with van der Waals surface area (Å²) >= 11 is 5.66. The van der Waals surface area contributed by atoms with Crippen molar-refractivity contribution < 1.29 is 9.15 Å². The van der Waals surface area contributed by atoms with Crippen LogP contribution in [0, 0.1) is 0 Å². The molecule has 9 heavy (non-hydrogen) atoms. The second-order valence-electron chi connectivity index (χ2n) is 1.73. The van der Waals surface area contributed by atoms with E-state index in [2.05, 4.69) is 9.15 Å². The summed E-state index contributed by atoms with van der Waals surface area (Å²) in [6.07, 6.45) is 0. The second kappa shape index (κ2) is 1.54. The summed E-state index contributed by atoms with van der Waals surface area (Å²) in [6.45, 7) is 0. The molecule has 2 rings (SSSR count). The molecular formula is C6H3ClO2. The SMILES string of the molecule is Clc1cccc2ooc12. The second-order valence-corrected chi connectivity index (χ2v) is 2.14. The van der Waals surface area contributed by atoms with Crippen molar-refractivity contribution >= 4 is 22.8 Å². The van der Waals surface area contributed by atoms with Crippen molar-refractivity contribution in [3.05, 3.63) is 23.2 Å². The minimum Gasteiger partial charge on any atom is -0.285 e. The summed E-state index contributed by atoms with van der Waals surface area (Å²) in [5, 5.41) is 0.596. The van der Waals surface area contributed by atoms with Gasteiger partial charge in [0.15, 0.2) is 0 Å². The first kappa shape index (κ1) is 4.94. The van der Waals surface area contributed by atoms with Crippen LogP contribution < -0.4 is 0 Å². The van der Waals surface area contributed by atoms with Crippen LogP contribution >= 0.6 is 11.6 Å². The van der Waals surface area contributed by atoms with Gasteiger partial charge in [0.1, 0.15) is 0 Å². The predicted molar refractivity (Wildman–Crippen MR) is 33.5 cm³/mol. The molecular weight excluding hydrogens is 140 g/mol. The number of hydrogen-bond donors (Lipinski definition) is 0. The average molecular weight is 143 g/mol. The van der Waals surface area contributed by atoms with Crippen molar-refractivity contribution in [3.8, 4) is 0 Å². The zero-order valence-electron chi connectivity index (χ0n) is 4.43. The van der Waals surface area contributed by atoms with Gasteiger partial charge in [-0.1, -0.05) is 17.7 Å². The van der Waals surface area contributed by atoms with Crippen LogP contribution in [-0.2, 0) is 0 Å². The first-order chi connectivity index (χ1) is 4.38. The first-order valence-corrected chi connectivity index (χ1v) is 2.89. The lowest BCUT2D eigenvalue weighted by atomic mass is 10.3. The molecule has 0 fully saturated rings. The third-order valence-electron chi connectivity index (χ3n) is 1.15. The van der Waals surface area contributed by atoms with Gasteiger partial charge in [0.05, 0.1) is 5.02 Å². The maximum atomic E-state index is 5.66. The molecule has 0 radical (unpaired) electrons. The molecule has 0 unspecified atom stereocenters. The summed E-state index contributed by atoms with van der Waals surface area (Å²) in [6, 6.07) is 5.36. The highest BCUT2D eigenvalue weighted by atomic mass is 35.5. The van der Waals surface area contributed by atoms with Crippen molar-refractivity contribution in [2.75, 3.05) is 0 Å². The molecule has 46 valence electrons. The van der Waals surface area contributed by atoms with E-state index in [0.717, 1.165) is 0 Å². The van der Waals surface area contributed by atoms with Gasteiger partial charge < -0.3 is 0 Å². The van der Waals surface area contributed by atoms with E-state index in [-0.39, 0.29) is 0 Å². The number of benzene rings is 1. The van der Waals surface area contributed by atoms with E-state index >= 15 is 0 Å². The van der Waals surface area contributed by atoms with Gasteiger partial charge in [0, 0.05) is 0 Å². The molecule has 0 saturated heterocycles. The van der Waals surface area contributed by atoms with Crippen molar-refractivity contribution in [1.82, 2.24) is 0 Å². The van der Waals surface area contributed by atoms with Gasteiger partial charge in [-0.3, -0.25) is 9.15 Å². The zero-order valence-corrected chi connectivity index (χ0v) is 5.18. The molecule has 0 saturated carbocycles. The number of para-hydroxylation sites is 1. The Morgan fingerprint density at radius 3 is 2.56 bits per heavy atom. The van der Waals surface area contributed by atoms with Crippen LogP contribution in [0.2, 0.25) is 5.02 Å². The van der Waals surface area contributed by atoms with E-state index < -0.39 is 0 Å². The molecule has 1 aromatic carbocycles. The quantitative estimate of drug-likeness (QED) is 0.529. The topological polar surface area (TPSA) is 26.3 Å². The van der Waals surface area contributed by atoms with Crippen LogP contribution in [0.5, 0.6) is 0 Å². The van der Waals surface area contributed by atoms with Crippen LogP contribution in [0.25, 0.3) is 11.2 Å². The van der Waals surface area contributed by atoms with Crippen molar-refractivity contribution in [1.29, 1.82) is 0 Å². The van der Waals surface area contributed by atoms with Gasteiger partial charge in [-0.25, -0.2) is 0 Å². The largest absolute Gasteiger partial charge is 0.285 e. The maximum Gasteiger partial charge on any atom is 0.244 e. The number of hydrogen-bond acceptors (Lipinski definition) is 2. The van der Waals surface area contributed by atoms with Crippen LogP contribution in [0.15, 0.2) is 27.4 Å². The smallest absolute Gasteiger partial charge is 0.244 e. The van der Waals surface area contributed by atoms with Crippen molar-refractivity contribution in [3.63, 3.8) is 0 Å². The lowest BCUT2D eigenvalue weighted by Gasteiger charge is -1.96. The third kappa shape index (κ3) is 0.566. The molecule has 2 aromatic rings. The predicted octanol–water partition coefficient (Wildman–Crippen LogP) is 2.68. The lowest BCUT2D eigenvalue weighted by molar-refractivity contribution is 0.0590. The third-order valence-corrected chi connectivity index (χ3v) is 1.44. The van der Waals surface area contributed by atoms with E-state index in [1.165, 1.54) is 0 Å². The normalized spacial score (nSPS) is 10.8. The van der Waals surface area contributed by atoms with Crippen LogP contribution in [0.4, 0.5) is 0 Å². The molecule has 0 bridgehead atoms. The van der Waals surface area contributed by atoms with Gasteiger partial charge in [0.25, 0.3) is 0 Å². The van der Waals surface area contributed by atoms with E-state index in [1.807, 2.05) is 6.07 Å². The Hall–Kier alpha value is -0.890. The van der Waals surface area contributed by atoms with E-state index in [9.17, 15) is 0 Å². The van der Waals surface area contributed by atoms with Gasteiger partial charge >= 0.3 is 0 Å². The summed E-state index contributed by atoms with van der Waals surface area (Å²) in [5.41, 5.74) is 1.35. The fraction of sp³-hybridized carbons (Fsp3) is 0. The lowest BCUT2D eigenvalue weighted by Crippen LogP contribution is -1.74. The summed E-state index contributed by atoms with van der Waals surface area (Å²) < 4.78 is 9.15. The Balaban J connectivity index is 2.86. The molecule has 0 aliphatic carbocycles. The molecule has 0 amide bonds. The van der Waals surface area contributed by atoms with Crippen LogP contribution in [0.3, 0.4) is 0 Å². The fourth-order valence-corrected chi connectivity index (χ4v) is 0.885. The molecule has 0 N–H and O–H groups in total. The molecule has 0 spiro atoms. The minimum absolute atomic E-state index is 0.596. The van der Waals surface area contributed by atoms with Gasteiger partial charge in [-0.05, 0) is 12.1 Å². The van der Waals surface area contributed by atoms with E-state index in [1.54, 1.807) is 12.1 Å². The molecule has 0 atom stereocenters. The Morgan fingerprint density at radius 2 is 2.11 bits per heavy atom. The molecule has 0 aliphatic heterocycles. The molecule has 0 aliphatic rings. The summed E-state index contributed by atoms with van der Waals surface area (Å²) in [5.74, 6) is 0. The first-order valence-electron chi connectivity index (χ1n) is 2.51. The minimum atomic E-state index is 0.596. The van der Waals surface area contributed by atoms with Crippen LogP contribution in [-0.4, -0.2) is 0 Å². The number of halogens is 1. The van der Waals surface area contributed by atoms with Gasteiger partial charge in [0.2, 0.25) is 11.2 Å². The van der Waals surface area contributed by atoms with Gasteiger partial charge in [-0.2, -0.15) is 0 Å². The molecule has 2 nitrogen and oxygen atoms in total. The number of fused-ring (bicyclic) bond motifs is 1. The van der Waals surface area contributed by atoms with E-state index in [0.29, 0.717) is 16.2 Å². The maximum absolute atomic E-state index is 5.66. The Kier molecular flexibility index (Phi) is 0.848. The average Bonchev–Trinajstić information content (AvgIpc) is 1.74. The molecule has 1 aromatic heterocycles. The summed E-state index contributed by atoms with van der Waals surface area (Å²) in [7, 11) is 0. The van der Waals surface area contributed by atoms with E-state index in [4.69, 9.17) is 11.6 Å². The van der Waals surface area contributed by atoms with Gasteiger partial charge in [-0.15, -0.1) is 0 Å². The van der Waals surface area contributed by atoms with Crippen molar-refractivity contribution in [2.24, 2.45) is 0 Å². The van der Waals surface area contributed by atoms with Crippen LogP contribution in [0.1, 0.15) is 0 Å².